The van der Waals surface area contributed by atoms with Crippen LogP contribution < -0.4 is 16.0 Å². The zero-order valence-electron chi connectivity index (χ0n) is 23.4. The summed E-state index contributed by atoms with van der Waals surface area (Å²) in [6.07, 6.45) is 6.98. The van der Waals surface area contributed by atoms with Crippen LogP contribution in [0.1, 0.15) is 83.5 Å². The van der Waals surface area contributed by atoms with Gasteiger partial charge in [-0.1, -0.05) is 12.8 Å². The number of hydrogen-bond acceptors (Lipinski definition) is 5. The Labute approximate surface area is 235 Å². The van der Waals surface area contributed by atoms with E-state index in [4.69, 9.17) is 5.11 Å². The number of carbonyl (C=O) groups excluding carboxylic acids is 4. The van der Waals surface area contributed by atoms with Crippen LogP contribution in [0.15, 0.2) is 0 Å². The Morgan fingerprint density at radius 3 is 2.33 bits per heavy atom. The molecule has 0 spiro atoms. The molecule has 0 aromatic carbocycles. The van der Waals surface area contributed by atoms with E-state index in [1.54, 1.807) is 11.9 Å². The van der Waals surface area contributed by atoms with Gasteiger partial charge in [0, 0.05) is 38.1 Å². The van der Waals surface area contributed by atoms with Crippen LogP contribution >= 0.6 is 0 Å². The molecule has 0 bridgehead atoms. The zero-order valence-corrected chi connectivity index (χ0v) is 23.4. The molecule has 224 valence electrons. The first-order chi connectivity index (χ1) is 19.1. The lowest BCUT2D eigenvalue weighted by molar-refractivity contribution is -0.141. The highest BCUT2D eigenvalue weighted by atomic mass is 19.1. The van der Waals surface area contributed by atoms with Crippen molar-refractivity contribution in [1.82, 2.24) is 25.8 Å². The van der Waals surface area contributed by atoms with Crippen LogP contribution in [0.4, 0.5) is 9.18 Å². The number of alkyl halides is 1. The van der Waals surface area contributed by atoms with Crippen molar-refractivity contribution < 1.29 is 33.5 Å². The van der Waals surface area contributed by atoms with Gasteiger partial charge in [-0.05, 0) is 63.7 Å². The molecule has 4 fully saturated rings. The van der Waals surface area contributed by atoms with Crippen LogP contribution in [0.25, 0.3) is 0 Å². The van der Waals surface area contributed by atoms with Crippen molar-refractivity contribution in [3.63, 3.8) is 0 Å². The number of hydrogen-bond donors (Lipinski definition) is 4. The number of nitrogens with zero attached hydrogens (tertiary/aromatic N) is 2. The van der Waals surface area contributed by atoms with Gasteiger partial charge in [0.15, 0.2) is 0 Å². The van der Waals surface area contributed by atoms with E-state index in [9.17, 15) is 28.4 Å². The van der Waals surface area contributed by atoms with E-state index in [0.717, 1.165) is 38.5 Å². The Morgan fingerprint density at radius 2 is 1.62 bits per heavy atom. The van der Waals surface area contributed by atoms with Crippen molar-refractivity contribution >= 4 is 29.7 Å². The number of halogens is 1. The van der Waals surface area contributed by atoms with Crippen LogP contribution in [0, 0.1) is 11.8 Å². The van der Waals surface area contributed by atoms with Gasteiger partial charge in [0.1, 0.15) is 6.17 Å². The number of rotatable bonds is 8. The van der Waals surface area contributed by atoms with Crippen LogP contribution in [0.3, 0.4) is 0 Å². The first kappa shape index (κ1) is 30.0. The monoisotopic (exact) mass is 565 g/mol. The van der Waals surface area contributed by atoms with Crippen molar-refractivity contribution in [1.29, 1.82) is 0 Å². The number of urea groups is 1. The second kappa shape index (κ2) is 13.6. The SMILES string of the molecule is CN1C(=O)CN(CCC(=O)O)C(=O)C2CC(NC(=O)CC3CCC(NC(=O)NC4CCCCC4F)CC3)CCC21. The van der Waals surface area contributed by atoms with Gasteiger partial charge in [-0.3, -0.25) is 19.2 Å². The van der Waals surface area contributed by atoms with Gasteiger partial charge in [0.2, 0.25) is 17.7 Å². The first-order valence-electron chi connectivity index (χ1n) is 14.9. The third kappa shape index (κ3) is 7.84. The molecule has 11 nitrogen and oxygen atoms in total. The smallest absolute Gasteiger partial charge is 0.315 e. The van der Waals surface area contributed by atoms with Crippen molar-refractivity contribution in [2.24, 2.45) is 11.8 Å². The number of amides is 5. The van der Waals surface area contributed by atoms with Crippen molar-refractivity contribution in [2.75, 3.05) is 20.1 Å². The molecule has 12 heteroatoms. The molecular weight excluding hydrogens is 521 g/mol. The van der Waals surface area contributed by atoms with Crippen LogP contribution in [0.2, 0.25) is 0 Å². The average molecular weight is 566 g/mol. The molecule has 5 amide bonds. The molecule has 0 aromatic rings. The van der Waals surface area contributed by atoms with E-state index < -0.39 is 24.1 Å². The topological polar surface area (TPSA) is 148 Å². The largest absolute Gasteiger partial charge is 0.481 e. The summed E-state index contributed by atoms with van der Waals surface area (Å²) in [7, 11) is 1.69. The maximum Gasteiger partial charge on any atom is 0.315 e. The Hall–Kier alpha value is -2.92. The van der Waals surface area contributed by atoms with Crippen molar-refractivity contribution in [2.45, 2.75) is 114 Å². The predicted molar refractivity (Wildman–Crippen MR) is 144 cm³/mol. The Kier molecular flexibility index (Phi) is 10.2. The van der Waals surface area contributed by atoms with E-state index in [0.29, 0.717) is 38.5 Å². The minimum Gasteiger partial charge on any atom is -0.481 e. The second-order valence-corrected chi connectivity index (χ2v) is 12.1. The summed E-state index contributed by atoms with van der Waals surface area (Å²) in [5, 5.41) is 17.9. The van der Waals surface area contributed by atoms with Gasteiger partial charge in [-0.25, -0.2) is 9.18 Å². The highest BCUT2D eigenvalue weighted by Crippen LogP contribution is 2.33. The molecule has 40 heavy (non-hydrogen) atoms. The Bertz CT molecular complexity index is 957. The highest BCUT2D eigenvalue weighted by molar-refractivity contribution is 5.89. The van der Waals surface area contributed by atoms with Crippen molar-refractivity contribution in [3.05, 3.63) is 0 Å². The van der Waals surface area contributed by atoms with Crippen LogP contribution in [-0.2, 0) is 19.2 Å². The number of nitrogens with one attached hydrogen (secondary N) is 3. The molecule has 0 aromatic heterocycles. The average Bonchev–Trinajstić information content (AvgIpc) is 3.00. The number of fused-ring (bicyclic) bond motifs is 1. The van der Waals surface area contributed by atoms with Gasteiger partial charge in [0.05, 0.1) is 24.9 Å². The van der Waals surface area contributed by atoms with E-state index in [1.807, 2.05) is 0 Å². The number of carboxylic acid groups (broad SMARTS) is 1. The number of carboxylic acids is 1. The van der Waals surface area contributed by atoms with Gasteiger partial charge in [0.25, 0.3) is 0 Å². The van der Waals surface area contributed by atoms with Crippen LogP contribution in [0.5, 0.6) is 0 Å². The lowest BCUT2D eigenvalue weighted by atomic mass is 9.79. The molecule has 5 unspecified atom stereocenters. The molecule has 1 heterocycles. The van der Waals surface area contributed by atoms with Gasteiger partial charge in [-0.15, -0.1) is 0 Å². The normalized spacial score (nSPS) is 33.0. The number of likely N-dealkylation sites (N-methyl/N-ethyl adjacent to an activating group) is 1. The fraction of sp³-hybridized carbons (Fsp3) is 0.821. The lowest BCUT2D eigenvalue weighted by Gasteiger charge is -2.39. The van der Waals surface area contributed by atoms with Crippen molar-refractivity contribution in [3.8, 4) is 0 Å². The minimum atomic E-state index is -1.02. The Balaban J connectivity index is 1.21. The molecule has 5 atom stereocenters. The molecule has 1 saturated heterocycles. The first-order valence-corrected chi connectivity index (χ1v) is 14.9. The number of aliphatic carboxylic acids is 1. The van der Waals surface area contributed by atoms with Gasteiger partial charge < -0.3 is 30.9 Å². The second-order valence-electron chi connectivity index (χ2n) is 12.1. The van der Waals surface area contributed by atoms with E-state index in [1.165, 1.54) is 4.90 Å². The van der Waals surface area contributed by atoms with E-state index in [-0.39, 0.29) is 67.3 Å². The summed E-state index contributed by atoms with van der Waals surface area (Å²) >= 11 is 0. The summed E-state index contributed by atoms with van der Waals surface area (Å²) < 4.78 is 14.0. The third-order valence-corrected chi connectivity index (χ3v) is 9.27. The minimum absolute atomic E-state index is 0.00979. The molecule has 4 aliphatic rings. The maximum atomic E-state index is 14.0. The summed E-state index contributed by atoms with van der Waals surface area (Å²) in [4.78, 5) is 65.1. The quantitative estimate of drug-likeness (QED) is 0.354. The molecule has 3 aliphatic carbocycles. The summed E-state index contributed by atoms with van der Waals surface area (Å²) in [5.41, 5.74) is 0. The Morgan fingerprint density at radius 1 is 0.925 bits per heavy atom. The zero-order chi connectivity index (χ0) is 28.8. The molecule has 1 aliphatic heterocycles. The highest BCUT2D eigenvalue weighted by Gasteiger charge is 2.44. The van der Waals surface area contributed by atoms with E-state index >= 15 is 0 Å². The maximum absolute atomic E-state index is 14.0. The molecule has 4 N–H and O–H groups in total. The fourth-order valence-corrected chi connectivity index (χ4v) is 6.91. The summed E-state index contributed by atoms with van der Waals surface area (Å²) in [5.74, 6) is -1.76. The molecule has 3 saturated carbocycles. The summed E-state index contributed by atoms with van der Waals surface area (Å²) in [6, 6.07) is -1.14. The van der Waals surface area contributed by atoms with E-state index in [2.05, 4.69) is 16.0 Å². The van der Waals surface area contributed by atoms with Gasteiger partial charge in [-0.2, -0.15) is 0 Å². The standard InChI is InChI=1S/C28H44FN5O6/c1-33-23-11-10-19(15-20(23)27(39)34(16-25(33)36)13-12-26(37)38)30-24(35)14-17-6-8-18(9-7-17)31-28(40)32-22-5-3-2-4-21(22)29/h17-23H,2-16H2,1H3,(H,30,35)(H,37,38)(H2,31,32,40). The van der Waals surface area contributed by atoms with Crippen LogP contribution in [-0.4, -0.2) is 95.1 Å². The summed E-state index contributed by atoms with van der Waals surface area (Å²) in [6.45, 7) is -0.132. The lowest BCUT2D eigenvalue weighted by Crippen LogP contribution is -2.51. The van der Waals surface area contributed by atoms with Gasteiger partial charge >= 0.3 is 12.0 Å². The fourth-order valence-electron chi connectivity index (χ4n) is 6.91. The predicted octanol–water partition coefficient (Wildman–Crippen LogP) is 1.94. The molecular formula is C28H44FN5O6. The molecule has 0 radical (unpaired) electrons. The molecule has 4 rings (SSSR count). The number of carbonyl (C=O) groups is 5. The third-order valence-electron chi connectivity index (χ3n) is 9.27.